The Labute approximate surface area is 116 Å². The lowest BCUT2D eigenvalue weighted by molar-refractivity contribution is 0.692. The van der Waals surface area contributed by atoms with Crippen LogP contribution in [0.3, 0.4) is 0 Å². The summed E-state index contributed by atoms with van der Waals surface area (Å²) in [6.07, 6.45) is 3.76. The highest BCUT2D eigenvalue weighted by atomic mass is 32.1. The van der Waals surface area contributed by atoms with E-state index < -0.39 is 0 Å². The smallest absolute Gasteiger partial charge is 0.107 e. The van der Waals surface area contributed by atoms with Gasteiger partial charge in [0.15, 0.2) is 0 Å². The number of aromatic nitrogens is 2. The maximum atomic E-state index is 4.46. The Morgan fingerprint density at radius 3 is 2.84 bits per heavy atom. The van der Waals surface area contributed by atoms with Crippen LogP contribution in [0.2, 0.25) is 0 Å². The number of para-hydroxylation sites is 1. The van der Waals surface area contributed by atoms with Gasteiger partial charge in [-0.25, -0.2) is 4.98 Å². The first-order valence-electron chi connectivity index (χ1n) is 6.27. The van der Waals surface area contributed by atoms with Gasteiger partial charge >= 0.3 is 0 Å². The van der Waals surface area contributed by atoms with Crippen molar-refractivity contribution in [3.63, 3.8) is 0 Å². The van der Waals surface area contributed by atoms with Gasteiger partial charge in [-0.1, -0.05) is 24.3 Å². The fourth-order valence-electron chi connectivity index (χ4n) is 2.10. The average molecular weight is 269 g/mol. The number of fused-ring (bicyclic) bond motifs is 1. The van der Waals surface area contributed by atoms with Crippen LogP contribution in [0.5, 0.6) is 0 Å². The first-order valence-corrected chi connectivity index (χ1v) is 7.09. The molecule has 2 aromatic heterocycles. The molecule has 0 spiro atoms. The molecule has 3 rings (SSSR count). The van der Waals surface area contributed by atoms with Crippen LogP contribution in [0.1, 0.15) is 15.4 Å². The predicted octanol–water partition coefficient (Wildman–Crippen LogP) is 3.29. The number of hydrogen-bond donors (Lipinski definition) is 1. The summed E-state index contributed by atoms with van der Waals surface area (Å²) in [5.74, 6) is 0. The first-order chi connectivity index (χ1) is 9.33. The van der Waals surface area contributed by atoms with Crippen molar-refractivity contribution in [1.29, 1.82) is 0 Å². The van der Waals surface area contributed by atoms with E-state index in [0.29, 0.717) is 0 Å². The van der Waals surface area contributed by atoms with E-state index >= 15 is 0 Å². The zero-order valence-electron chi connectivity index (χ0n) is 10.8. The van der Waals surface area contributed by atoms with Gasteiger partial charge in [-0.05, 0) is 18.6 Å². The molecular weight excluding hydrogens is 254 g/mol. The largest absolute Gasteiger partial charge is 0.306 e. The highest BCUT2D eigenvalue weighted by Gasteiger charge is 2.02. The van der Waals surface area contributed by atoms with Gasteiger partial charge in [0.05, 0.1) is 5.52 Å². The fourth-order valence-corrected chi connectivity index (χ4v) is 2.85. The van der Waals surface area contributed by atoms with E-state index in [9.17, 15) is 0 Å². The minimum atomic E-state index is 0.807. The molecule has 0 radical (unpaired) electrons. The molecule has 0 aliphatic heterocycles. The standard InChI is InChI=1S/C15H15N3S/c1-11-8-18-14(19-11)10-16-9-13-5-2-4-12-6-3-7-17-15(12)13/h2-8,16H,9-10H2,1H3. The number of hydrogen-bond acceptors (Lipinski definition) is 4. The van der Waals surface area contributed by atoms with Crippen molar-refractivity contribution >= 4 is 22.2 Å². The number of benzene rings is 1. The van der Waals surface area contributed by atoms with Crippen LogP contribution in [-0.2, 0) is 13.1 Å². The van der Waals surface area contributed by atoms with Gasteiger partial charge in [-0.2, -0.15) is 0 Å². The SMILES string of the molecule is Cc1cnc(CNCc2cccc3cccnc23)s1. The molecule has 0 amide bonds. The molecule has 2 heterocycles. The van der Waals surface area contributed by atoms with Gasteiger partial charge < -0.3 is 5.32 Å². The van der Waals surface area contributed by atoms with E-state index in [0.717, 1.165) is 23.6 Å². The van der Waals surface area contributed by atoms with Crippen molar-refractivity contribution in [1.82, 2.24) is 15.3 Å². The Morgan fingerprint density at radius 1 is 1.11 bits per heavy atom. The molecular formula is C15H15N3S. The Bertz CT molecular complexity index is 685. The van der Waals surface area contributed by atoms with Gasteiger partial charge in [0.25, 0.3) is 0 Å². The van der Waals surface area contributed by atoms with Crippen LogP contribution in [-0.4, -0.2) is 9.97 Å². The highest BCUT2D eigenvalue weighted by Crippen LogP contribution is 2.16. The molecule has 0 saturated heterocycles. The summed E-state index contributed by atoms with van der Waals surface area (Å²) in [5, 5.41) is 5.75. The molecule has 1 aromatic carbocycles. The van der Waals surface area contributed by atoms with Crippen molar-refractivity contribution < 1.29 is 0 Å². The lowest BCUT2D eigenvalue weighted by Gasteiger charge is -2.06. The summed E-state index contributed by atoms with van der Waals surface area (Å²) in [5.41, 5.74) is 2.30. The third-order valence-electron chi connectivity index (χ3n) is 2.98. The second-order valence-electron chi connectivity index (χ2n) is 4.46. The van der Waals surface area contributed by atoms with Crippen molar-refractivity contribution in [3.05, 3.63) is 58.2 Å². The van der Waals surface area contributed by atoms with Crippen LogP contribution in [0, 0.1) is 6.92 Å². The summed E-state index contributed by atoms with van der Waals surface area (Å²) in [4.78, 5) is 10.1. The summed E-state index contributed by atoms with van der Waals surface area (Å²) in [6, 6.07) is 10.4. The number of aryl methyl sites for hydroxylation is 1. The topological polar surface area (TPSA) is 37.8 Å². The second kappa shape index (κ2) is 5.47. The quantitative estimate of drug-likeness (QED) is 0.789. The van der Waals surface area contributed by atoms with Crippen molar-refractivity contribution in [2.45, 2.75) is 20.0 Å². The molecule has 0 fully saturated rings. The number of thiazole rings is 1. The average Bonchev–Trinajstić information content (AvgIpc) is 2.85. The van der Waals surface area contributed by atoms with E-state index in [1.54, 1.807) is 11.3 Å². The van der Waals surface area contributed by atoms with Gasteiger partial charge in [-0.15, -0.1) is 11.3 Å². The van der Waals surface area contributed by atoms with Crippen LogP contribution < -0.4 is 5.32 Å². The molecule has 1 N–H and O–H groups in total. The molecule has 0 aliphatic carbocycles. The molecule has 3 nitrogen and oxygen atoms in total. The molecule has 4 heteroatoms. The molecule has 0 atom stereocenters. The lowest BCUT2D eigenvalue weighted by Crippen LogP contribution is -2.12. The van der Waals surface area contributed by atoms with Gasteiger partial charge in [0.2, 0.25) is 0 Å². The molecule has 0 aliphatic rings. The fraction of sp³-hybridized carbons (Fsp3) is 0.200. The van der Waals surface area contributed by atoms with Crippen LogP contribution in [0.4, 0.5) is 0 Å². The van der Waals surface area contributed by atoms with E-state index in [1.165, 1.54) is 15.8 Å². The molecule has 0 saturated carbocycles. The maximum Gasteiger partial charge on any atom is 0.107 e. The minimum Gasteiger partial charge on any atom is -0.306 e. The Balaban J connectivity index is 1.71. The summed E-state index contributed by atoms with van der Waals surface area (Å²) < 4.78 is 0. The number of rotatable bonds is 4. The third-order valence-corrected chi connectivity index (χ3v) is 3.89. The molecule has 0 bridgehead atoms. The van der Waals surface area contributed by atoms with Gasteiger partial charge in [0, 0.05) is 35.7 Å². The minimum absolute atomic E-state index is 0.807. The maximum absolute atomic E-state index is 4.46. The summed E-state index contributed by atoms with van der Waals surface area (Å²) >= 11 is 1.74. The Kier molecular flexibility index (Phi) is 3.53. The van der Waals surface area contributed by atoms with E-state index in [4.69, 9.17) is 0 Å². The zero-order valence-corrected chi connectivity index (χ0v) is 11.6. The number of nitrogens with zero attached hydrogens (tertiary/aromatic N) is 2. The van der Waals surface area contributed by atoms with E-state index in [1.807, 2.05) is 18.5 Å². The Hall–Kier alpha value is -1.78. The Morgan fingerprint density at radius 2 is 2.00 bits per heavy atom. The summed E-state index contributed by atoms with van der Waals surface area (Å²) in [7, 11) is 0. The van der Waals surface area contributed by atoms with Crippen molar-refractivity contribution in [3.8, 4) is 0 Å². The van der Waals surface area contributed by atoms with Crippen LogP contribution >= 0.6 is 11.3 Å². The summed E-state index contributed by atoms with van der Waals surface area (Å²) in [6.45, 7) is 3.70. The molecule has 3 aromatic rings. The monoisotopic (exact) mass is 269 g/mol. The number of nitrogens with one attached hydrogen (secondary N) is 1. The zero-order chi connectivity index (χ0) is 13.1. The molecule has 0 unspecified atom stereocenters. The third kappa shape index (κ3) is 2.80. The van der Waals surface area contributed by atoms with E-state index in [2.05, 4.69) is 46.5 Å². The van der Waals surface area contributed by atoms with Gasteiger partial charge in [-0.3, -0.25) is 4.98 Å². The van der Waals surface area contributed by atoms with Gasteiger partial charge in [0.1, 0.15) is 5.01 Å². The van der Waals surface area contributed by atoms with Crippen LogP contribution in [0.15, 0.2) is 42.7 Å². The highest BCUT2D eigenvalue weighted by molar-refractivity contribution is 7.11. The molecule has 96 valence electrons. The van der Waals surface area contributed by atoms with Crippen molar-refractivity contribution in [2.24, 2.45) is 0 Å². The predicted molar refractivity (Wildman–Crippen MR) is 79.1 cm³/mol. The first kappa shape index (κ1) is 12.3. The molecule has 19 heavy (non-hydrogen) atoms. The second-order valence-corrected chi connectivity index (χ2v) is 5.78. The van der Waals surface area contributed by atoms with E-state index in [-0.39, 0.29) is 0 Å². The van der Waals surface area contributed by atoms with Crippen LogP contribution in [0.25, 0.3) is 10.9 Å². The number of pyridine rings is 1. The lowest BCUT2D eigenvalue weighted by atomic mass is 10.1. The van der Waals surface area contributed by atoms with Crippen molar-refractivity contribution in [2.75, 3.05) is 0 Å². The normalized spacial score (nSPS) is 11.0.